The van der Waals surface area contributed by atoms with Crippen molar-refractivity contribution in [3.05, 3.63) is 58.7 Å². The van der Waals surface area contributed by atoms with Crippen molar-refractivity contribution in [3.8, 4) is 5.88 Å². The fourth-order valence-corrected chi connectivity index (χ4v) is 4.06. The third kappa shape index (κ3) is 8.70. The molecule has 1 amide bonds. The molecule has 1 fully saturated rings. The summed E-state index contributed by atoms with van der Waals surface area (Å²) in [4.78, 5) is 33.5. The number of unbranched alkanes of at least 4 members (excludes halogenated alkanes) is 2. The maximum Gasteiger partial charge on any atom is 0.234 e. The second kappa shape index (κ2) is 13.4. The molecule has 1 aliphatic heterocycles. The van der Waals surface area contributed by atoms with Gasteiger partial charge in [-0.25, -0.2) is 4.98 Å². The molecule has 2 aromatic rings. The van der Waals surface area contributed by atoms with Gasteiger partial charge >= 0.3 is 0 Å². The lowest BCUT2D eigenvalue weighted by Crippen LogP contribution is -2.50. The number of nitrogens with zero attached hydrogens (tertiary/aromatic N) is 3. The summed E-state index contributed by atoms with van der Waals surface area (Å²) >= 11 is 5.90. The summed E-state index contributed by atoms with van der Waals surface area (Å²) in [6.45, 7) is 9.98. The SMILES string of the molecule is CC(C)NC(=O)CN1CCN(CCCCCOc2cc(C(=O)c3ccc(Cl)cc3)ccn2)CC1. The van der Waals surface area contributed by atoms with Gasteiger partial charge in [0.15, 0.2) is 5.78 Å². The van der Waals surface area contributed by atoms with Crippen LogP contribution in [-0.2, 0) is 4.79 Å². The minimum atomic E-state index is -0.0791. The maximum absolute atomic E-state index is 12.6. The molecule has 1 N–H and O–H groups in total. The monoisotopic (exact) mass is 486 g/mol. The van der Waals surface area contributed by atoms with Crippen LogP contribution in [0.15, 0.2) is 42.6 Å². The first-order valence-corrected chi connectivity index (χ1v) is 12.4. The third-order valence-corrected chi connectivity index (χ3v) is 6.01. The molecule has 184 valence electrons. The molecule has 0 unspecified atom stereocenters. The topological polar surface area (TPSA) is 74.8 Å². The summed E-state index contributed by atoms with van der Waals surface area (Å²) in [6, 6.07) is 10.4. The predicted octanol–water partition coefficient (Wildman–Crippen LogP) is 3.66. The number of aromatic nitrogens is 1. The number of amides is 1. The van der Waals surface area contributed by atoms with Gasteiger partial charge in [0.1, 0.15) is 0 Å². The Balaban J connectivity index is 1.29. The van der Waals surface area contributed by atoms with Gasteiger partial charge in [0, 0.05) is 60.6 Å². The van der Waals surface area contributed by atoms with Crippen LogP contribution >= 0.6 is 11.6 Å². The van der Waals surface area contributed by atoms with Crippen LogP contribution in [-0.4, -0.2) is 78.4 Å². The van der Waals surface area contributed by atoms with E-state index in [-0.39, 0.29) is 17.7 Å². The molecular weight excluding hydrogens is 452 g/mol. The number of piperazine rings is 1. The Labute approximate surface area is 207 Å². The number of benzene rings is 1. The first kappa shape index (κ1) is 26.1. The molecule has 0 saturated carbocycles. The molecule has 0 aliphatic carbocycles. The van der Waals surface area contributed by atoms with E-state index < -0.39 is 0 Å². The number of carbonyl (C=O) groups is 2. The van der Waals surface area contributed by atoms with Crippen LogP contribution in [0.3, 0.4) is 0 Å². The maximum atomic E-state index is 12.6. The normalized spacial score (nSPS) is 14.8. The van der Waals surface area contributed by atoms with Crippen molar-refractivity contribution < 1.29 is 14.3 Å². The van der Waals surface area contributed by atoms with Gasteiger partial charge in [-0.2, -0.15) is 0 Å². The highest BCUT2D eigenvalue weighted by Gasteiger charge is 2.18. The Morgan fingerprint density at radius 3 is 2.41 bits per heavy atom. The second-order valence-electron chi connectivity index (χ2n) is 8.97. The van der Waals surface area contributed by atoms with Crippen LogP contribution in [0, 0.1) is 0 Å². The van der Waals surface area contributed by atoms with Crippen molar-refractivity contribution in [1.82, 2.24) is 20.1 Å². The lowest BCUT2D eigenvalue weighted by Gasteiger charge is -2.34. The zero-order chi connectivity index (χ0) is 24.3. The molecule has 0 radical (unpaired) electrons. The van der Waals surface area contributed by atoms with Crippen molar-refractivity contribution in [3.63, 3.8) is 0 Å². The molecule has 34 heavy (non-hydrogen) atoms. The standard InChI is InChI=1S/C26H35ClN4O3/c1-20(2)29-24(32)19-31-15-13-30(14-16-31)12-4-3-5-17-34-25-18-22(10-11-28-25)26(33)21-6-8-23(27)9-7-21/h6-11,18,20H,3-5,12-17,19H2,1-2H3,(H,29,32). The van der Waals surface area contributed by atoms with E-state index in [0.717, 1.165) is 52.0 Å². The van der Waals surface area contributed by atoms with E-state index >= 15 is 0 Å². The van der Waals surface area contributed by atoms with E-state index in [4.69, 9.17) is 16.3 Å². The summed E-state index contributed by atoms with van der Waals surface area (Å²) in [5, 5.41) is 3.55. The number of hydrogen-bond donors (Lipinski definition) is 1. The van der Waals surface area contributed by atoms with Crippen LogP contribution in [0.4, 0.5) is 0 Å². The predicted molar refractivity (Wildman–Crippen MR) is 135 cm³/mol. The molecule has 0 atom stereocenters. The van der Waals surface area contributed by atoms with E-state index in [1.54, 1.807) is 42.6 Å². The van der Waals surface area contributed by atoms with Crippen LogP contribution in [0.2, 0.25) is 5.02 Å². The molecular formula is C26H35ClN4O3. The van der Waals surface area contributed by atoms with Gasteiger partial charge in [0.05, 0.1) is 13.2 Å². The lowest BCUT2D eigenvalue weighted by atomic mass is 10.0. The Bertz CT molecular complexity index is 928. The molecule has 1 aromatic carbocycles. The third-order valence-electron chi connectivity index (χ3n) is 5.75. The van der Waals surface area contributed by atoms with Crippen molar-refractivity contribution in [1.29, 1.82) is 0 Å². The van der Waals surface area contributed by atoms with E-state index in [1.165, 1.54) is 0 Å². The average molecular weight is 487 g/mol. The summed E-state index contributed by atoms with van der Waals surface area (Å²) in [5.41, 5.74) is 1.13. The van der Waals surface area contributed by atoms with E-state index in [2.05, 4.69) is 20.1 Å². The minimum Gasteiger partial charge on any atom is -0.478 e. The van der Waals surface area contributed by atoms with Crippen LogP contribution < -0.4 is 10.1 Å². The number of pyridine rings is 1. The highest BCUT2D eigenvalue weighted by molar-refractivity contribution is 6.30. The van der Waals surface area contributed by atoms with Crippen LogP contribution in [0.25, 0.3) is 0 Å². The van der Waals surface area contributed by atoms with Crippen molar-refractivity contribution >= 4 is 23.3 Å². The molecule has 7 nitrogen and oxygen atoms in total. The summed E-state index contributed by atoms with van der Waals surface area (Å²) in [7, 11) is 0. The van der Waals surface area contributed by atoms with E-state index in [0.29, 0.717) is 35.2 Å². The quantitative estimate of drug-likeness (QED) is 0.364. The molecule has 0 bridgehead atoms. The van der Waals surface area contributed by atoms with Gasteiger partial charge in [-0.1, -0.05) is 11.6 Å². The molecule has 2 heterocycles. The number of halogens is 1. The summed E-state index contributed by atoms with van der Waals surface area (Å²) < 4.78 is 5.78. The molecule has 1 saturated heterocycles. The van der Waals surface area contributed by atoms with Crippen LogP contribution in [0.5, 0.6) is 5.88 Å². The Kier molecular flexibility index (Phi) is 10.3. The Morgan fingerprint density at radius 1 is 1.00 bits per heavy atom. The first-order chi connectivity index (χ1) is 16.4. The van der Waals surface area contributed by atoms with E-state index in [1.807, 2.05) is 13.8 Å². The van der Waals surface area contributed by atoms with Crippen molar-refractivity contribution in [2.75, 3.05) is 45.9 Å². The highest BCUT2D eigenvalue weighted by Crippen LogP contribution is 2.17. The number of nitrogens with one attached hydrogen (secondary N) is 1. The van der Waals surface area contributed by atoms with Gasteiger partial charge in [-0.15, -0.1) is 0 Å². The summed E-state index contributed by atoms with van der Waals surface area (Å²) in [5.74, 6) is 0.500. The molecule has 1 aliphatic rings. The Morgan fingerprint density at radius 2 is 1.71 bits per heavy atom. The number of carbonyl (C=O) groups excluding carboxylic acids is 2. The van der Waals surface area contributed by atoms with Gasteiger partial charge in [0.2, 0.25) is 11.8 Å². The molecule has 8 heteroatoms. The van der Waals surface area contributed by atoms with Gasteiger partial charge in [-0.3, -0.25) is 14.5 Å². The Hall–Kier alpha value is -2.48. The molecule has 1 aromatic heterocycles. The van der Waals surface area contributed by atoms with Crippen molar-refractivity contribution in [2.45, 2.75) is 39.2 Å². The van der Waals surface area contributed by atoms with Gasteiger partial charge < -0.3 is 15.0 Å². The fourth-order valence-electron chi connectivity index (χ4n) is 3.93. The largest absolute Gasteiger partial charge is 0.478 e. The van der Waals surface area contributed by atoms with E-state index in [9.17, 15) is 9.59 Å². The minimum absolute atomic E-state index is 0.0791. The lowest BCUT2D eigenvalue weighted by molar-refractivity contribution is -0.123. The number of rotatable bonds is 12. The number of hydrogen-bond acceptors (Lipinski definition) is 6. The van der Waals surface area contributed by atoms with Crippen molar-refractivity contribution in [2.24, 2.45) is 0 Å². The van der Waals surface area contributed by atoms with Gasteiger partial charge in [-0.05, 0) is 70.0 Å². The zero-order valence-electron chi connectivity index (χ0n) is 20.1. The number of ketones is 1. The average Bonchev–Trinajstić information content (AvgIpc) is 2.82. The zero-order valence-corrected chi connectivity index (χ0v) is 20.9. The fraction of sp³-hybridized carbons (Fsp3) is 0.500. The van der Waals surface area contributed by atoms with Gasteiger partial charge in [0.25, 0.3) is 0 Å². The number of ether oxygens (including phenoxy) is 1. The molecule has 0 spiro atoms. The highest BCUT2D eigenvalue weighted by atomic mass is 35.5. The summed E-state index contributed by atoms with van der Waals surface area (Å²) in [6.07, 6.45) is 4.72. The van der Waals surface area contributed by atoms with Crippen LogP contribution in [0.1, 0.15) is 49.0 Å². The second-order valence-corrected chi connectivity index (χ2v) is 9.40. The first-order valence-electron chi connectivity index (χ1n) is 12.0. The smallest absolute Gasteiger partial charge is 0.234 e. The molecule has 3 rings (SSSR count).